The van der Waals surface area contributed by atoms with E-state index in [0.29, 0.717) is 0 Å². The van der Waals surface area contributed by atoms with E-state index < -0.39 is 6.10 Å². The molecule has 0 saturated heterocycles. The van der Waals surface area contributed by atoms with Gasteiger partial charge >= 0.3 is 0 Å². The molecular weight excluding hydrogens is 298 g/mol. The SMILES string of the molecule is CCc1ccccc1O[C@@H](C)C(=O)N[C@H](C)CCc1ccccc1. The van der Waals surface area contributed by atoms with Gasteiger partial charge in [-0.15, -0.1) is 0 Å². The van der Waals surface area contributed by atoms with Crippen molar-refractivity contribution in [2.45, 2.75) is 52.2 Å². The Morgan fingerprint density at radius 2 is 1.71 bits per heavy atom. The first-order valence-electron chi connectivity index (χ1n) is 8.69. The van der Waals surface area contributed by atoms with Crippen LogP contribution in [0.5, 0.6) is 5.75 Å². The second-order valence-corrected chi connectivity index (χ2v) is 6.16. The number of nitrogens with one attached hydrogen (secondary N) is 1. The Morgan fingerprint density at radius 3 is 2.42 bits per heavy atom. The zero-order chi connectivity index (χ0) is 17.4. The van der Waals surface area contributed by atoms with Crippen molar-refractivity contribution in [3.63, 3.8) is 0 Å². The van der Waals surface area contributed by atoms with Crippen LogP contribution >= 0.6 is 0 Å². The van der Waals surface area contributed by atoms with E-state index in [1.807, 2.05) is 49.4 Å². The average Bonchev–Trinajstić information content (AvgIpc) is 2.61. The van der Waals surface area contributed by atoms with Crippen molar-refractivity contribution in [3.05, 3.63) is 65.7 Å². The van der Waals surface area contributed by atoms with Crippen LogP contribution in [0.15, 0.2) is 54.6 Å². The van der Waals surface area contributed by atoms with Gasteiger partial charge in [0, 0.05) is 6.04 Å². The van der Waals surface area contributed by atoms with Crippen LogP contribution in [0.4, 0.5) is 0 Å². The summed E-state index contributed by atoms with van der Waals surface area (Å²) in [6.45, 7) is 5.91. The largest absolute Gasteiger partial charge is 0.481 e. The van der Waals surface area contributed by atoms with Gasteiger partial charge in [0.2, 0.25) is 0 Å². The van der Waals surface area contributed by atoms with Crippen LogP contribution in [-0.2, 0) is 17.6 Å². The number of ether oxygens (including phenoxy) is 1. The third kappa shape index (κ3) is 5.41. The molecule has 2 rings (SSSR count). The molecule has 0 spiro atoms. The number of amides is 1. The zero-order valence-electron chi connectivity index (χ0n) is 14.8. The number of carbonyl (C=O) groups excluding carboxylic acids is 1. The minimum absolute atomic E-state index is 0.0681. The van der Waals surface area contributed by atoms with E-state index in [-0.39, 0.29) is 11.9 Å². The smallest absolute Gasteiger partial charge is 0.260 e. The molecule has 128 valence electrons. The van der Waals surface area contributed by atoms with Gasteiger partial charge in [0.05, 0.1) is 0 Å². The molecule has 0 bridgehead atoms. The lowest BCUT2D eigenvalue weighted by Gasteiger charge is -2.20. The van der Waals surface area contributed by atoms with Gasteiger partial charge in [0.1, 0.15) is 5.75 Å². The van der Waals surface area contributed by atoms with Crippen LogP contribution in [0.1, 0.15) is 38.3 Å². The van der Waals surface area contributed by atoms with Crippen molar-refractivity contribution in [3.8, 4) is 5.75 Å². The van der Waals surface area contributed by atoms with Gasteiger partial charge in [-0.2, -0.15) is 0 Å². The molecule has 0 aromatic heterocycles. The molecular formula is C21H27NO2. The molecule has 2 aromatic carbocycles. The standard InChI is InChI=1S/C21H27NO2/c1-4-19-12-8-9-13-20(19)24-17(3)21(23)22-16(2)14-15-18-10-6-5-7-11-18/h5-13,16-17H,4,14-15H2,1-3H3,(H,22,23)/t16-,17+/m1/s1. The van der Waals surface area contributed by atoms with Crippen LogP contribution in [0.3, 0.4) is 0 Å². The maximum atomic E-state index is 12.3. The minimum Gasteiger partial charge on any atom is -0.481 e. The van der Waals surface area contributed by atoms with Crippen LogP contribution in [0.25, 0.3) is 0 Å². The fourth-order valence-corrected chi connectivity index (χ4v) is 2.62. The van der Waals surface area contributed by atoms with Crippen molar-refractivity contribution in [1.29, 1.82) is 0 Å². The summed E-state index contributed by atoms with van der Waals surface area (Å²) in [5.74, 6) is 0.723. The lowest BCUT2D eigenvalue weighted by molar-refractivity contribution is -0.127. The molecule has 1 N–H and O–H groups in total. The summed E-state index contributed by atoms with van der Waals surface area (Å²) in [6.07, 6.45) is 2.25. The van der Waals surface area contributed by atoms with Gasteiger partial charge in [0.25, 0.3) is 5.91 Å². The number of hydrogen-bond donors (Lipinski definition) is 1. The quantitative estimate of drug-likeness (QED) is 0.791. The molecule has 0 fully saturated rings. The first-order chi connectivity index (χ1) is 11.6. The van der Waals surface area contributed by atoms with Crippen molar-refractivity contribution < 1.29 is 9.53 Å². The molecule has 24 heavy (non-hydrogen) atoms. The molecule has 0 heterocycles. The number of para-hydroxylation sites is 1. The predicted octanol–water partition coefficient (Wildman–Crippen LogP) is 4.15. The molecule has 3 nitrogen and oxygen atoms in total. The van der Waals surface area contributed by atoms with Crippen LogP contribution in [0.2, 0.25) is 0 Å². The second-order valence-electron chi connectivity index (χ2n) is 6.16. The Morgan fingerprint density at radius 1 is 1.04 bits per heavy atom. The normalized spacial score (nSPS) is 13.1. The average molecular weight is 325 g/mol. The summed E-state index contributed by atoms with van der Waals surface area (Å²) in [7, 11) is 0. The van der Waals surface area contributed by atoms with Crippen LogP contribution in [0, 0.1) is 0 Å². The number of carbonyl (C=O) groups is 1. The van der Waals surface area contributed by atoms with Crippen molar-refractivity contribution in [2.24, 2.45) is 0 Å². The first kappa shape index (κ1) is 18.1. The summed E-state index contributed by atoms with van der Waals surface area (Å²) in [5.41, 5.74) is 2.41. The lowest BCUT2D eigenvalue weighted by atomic mass is 10.1. The van der Waals surface area contributed by atoms with Gasteiger partial charge < -0.3 is 10.1 Å². The van der Waals surface area contributed by atoms with Gasteiger partial charge in [-0.25, -0.2) is 0 Å². The van der Waals surface area contributed by atoms with Gasteiger partial charge in [-0.05, 0) is 50.3 Å². The molecule has 2 atom stereocenters. The molecule has 3 heteroatoms. The topological polar surface area (TPSA) is 38.3 Å². The van der Waals surface area contributed by atoms with E-state index in [0.717, 1.165) is 30.6 Å². The first-order valence-corrected chi connectivity index (χ1v) is 8.69. The molecule has 0 aliphatic heterocycles. The maximum absolute atomic E-state index is 12.3. The molecule has 0 aliphatic rings. The van der Waals surface area contributed by atoms with Crippen LogP contribution < -0.4 is 10.1 Å². The number of rotatable bonds is 8. The van der Waals surface area contributed by atoms with E-state index >= 15 is 0 Å². The highest BCUT2D eigenvalue weighted by atomic mass is 16.5. The van der Waals surface area contributed by atoms with Crippen molar-refractivity contribution in [2.75, 3.05) is 0 Å². The molecule has 0 unspecified atom stereocenters. The molecule has 0 radical (unpaired) electrons. The van der Waals surface area contributed by atoms with E-state index in [4.69, 9.17) is 4.74 Å². The third-order valence-corrected chi connectivity index (χ3v) is 4.12. The number of aryl methyl sites for hydroxylation is 2. The van der Waals surface area contributed by atoms with E-state index in [1.165, 1.54) is 5.56 Å². The fourth-order valence-electron chi connectivity index (χ4n) is 2.62. The number of hydrogen-bond acceptors (Lipinski definition) is 2. The van der Waals surface area contributed by atoms with Gasteiger partial charge in [-0.1, -0.05) is 55.5 Å². The summed E-state index contributed by atoms with van der Waals surface area (Å²) < 4.78 is 5.85. The molecule has 0 aliphatic carbocycles. The van der Waals surface area contributed by atoms with Gasteiger partial charge in [0.15, 0.2) is 6.10 Å². The molecule has 2 aromatic rings. The van der Waals surface area contributed by atoms with E-state index in [9.17, 15) is 4.79 Å². The Bertz CT molecular complexity index is 639. The Hall–Kier alpha value is -2.29. The monoisotopic (exact) mass is 325 g/mol. The zero-order valence-corrected chi connectivity index (χ0v) is 14.8. The fraction of sp³-hybridized carbons (Fsp3) is 0.381. The van der Waals surface area contributed by atoms with Crippen LogP contribution in [-0.4, -0.2) is 18.1 Å². The highest BCUT2D eigenvalue weighted by molar-refractivity contribution is 5.81. The highest BCUT2D eigenvalue weighted by Gasteiger charge is 2.17. The van der Waals surface area contributed by atoms with E-state index in [2.05, 4.69) is 24.4 Å². The molecule has 0 saturated carbocycles. The van der Waals surface area contributed by atoms with Gasteiger partial charge in [-0.3, -0.25) is 4.79 Å². The summed E-state index contributed by atoms with van der Waals surface area (Å²) >= 11 is 0. The summed E-state index contributed by atoms with van der Waals surface area (Å²) in [4.78, 5) is 12.3. The predicted molar refractivity (Wildman–Crippen MR) is 98.3 cm³/mol. The Kier molecular flexibility index (Phi) is 6.86. The summed E-state index contributed by atoms with van der Waals surface area (Å²) in [5, 5.41) is 3.04. The Labute approximate surface area is 145 Å². The summed E-state index contributed by atoms with van der Waals surface area (Å²) in [6, 6.07) is 18.3. The van der Waals surface area contributed by atoms with E-state index in [1.54, 1.807) is 6.92 Å². The number of benzene rings is 2. The second kappa shape index (κ2) is 9.11. The third-order valence-electron chi connectivity index (χ3n) is 4.12. The minimum atomic E-state index is -0.503. The lowest BCUT2D eigenvalue weighted by Crippen LogP contribution is -2.41. The Balaban J connectivity index is 1.82. The van der Waals surface area contributed by atoms with Crippen molar-refractivity contribution >= 4 is 5.91 Å². The maximum Gasteiger partial charge on any atom is 0.260 e. The van der Waals surface area contributed by atoms with Crippen molar-refractivity contribution in [1.82, 2.24) is 5.32 Å². The molecule has 1 amide bonds. The highest BCUT2D eigenvalue weighted by Crippen LogP contribution is 2.19.